The van der Waals surface area contributed by atoms with Gasteiger partial charge in [0.05, 0.1) is 0 Å². The fourth-order valence-corrected chi connectivity index (χ4v) is 2.03. The van der Waals surface area contributed by atoms with E-state index in [-0.39, 0.29) is 11.9 Å². The summed E-state index contributed by atoms with van der Waals surface area (Å²) in [7, 11) is -0.903. The quantitative estimate of drug-likeness (QED) is 0.901. The third-order valence-electron chi connectivity index (χ3n) is 2.27. The lowest BCUT2D eigenvalue weighted by atomic mass is 10.2. The summed E-state index contributed by atoms with van der Waals surface area (Å²) < 4.78 is 48.2. The average Bonchev–Trinajstić information content (AvgIpc) is 2.25. The van der Waals surface area contributed by atoms with Crippen molar-refractivity contribution in [2.24, 2.45) is 0 Å². The number of nitrogens with zero attached hydrogens (tertiary/aromatic N) is 1. The van der Waals surface area contributed by atoms with Crippen LogP contribution in [0.4, 0.5) is 19.0 Å². The van der Waals surface area contributed by atoms with Crippen LogP contribution >= 0.6 is 0 Å². The zero-order valence-electron chi connectivity index (χ0n) is 10.1. The van der Waals surface area contributed by atoms with Crippen LogP contribution in [0.1, 0.15) is 19.0 Å². The third-order valence-corrected chi connectivity index (χ3v) is 3.08. The second kappa shape index (κ2) is 6.17. The van der Waals surface area contributed by atoms with E-state index in [1.54, 1.807) is 6.26 Å². The van der Waals surface area contributed by atoms with E-state index in [2.05, 4.69) is 10.3 Å². The van der Waals surface area contributed by atoms with Gasteiger partial charge in [0.1, 0.15) is 11.5 Å². The molecule has 0 saturated heterocycles. The summed E-state index contributed by atoms with van der Waals surface area (Å²) in [5.74, 6) is 0.687. The van der Waals surface area contributed by atoms with Crippen molar-refractivity contribution in [1.82, 2.24) is 4.98 Å². The van der Waals surface area contributed by atoms with Crippen LogP contribution in [-0.2, 0) is 17.0 Å². The number of alkyl halides is 3. The molecule has 7 heteroatoms. The standard InChI is InChI=1S/C11H15F3N2OS/c1-8(6-7-18(2)17)15-10-5-3-4-9(16-10)11(12,13)14/h3-5,8H,6-7H2,1-2H3,(H,15,16). The topological polar surface area (TPSA) is 42.0 Å². The smallest absolute Gasteiger partial charge is 0.368 e. The van der Waals surface area contributed by atoms with Crippen molar-refractivity contribution in [3.8, 4) is 0 Å². The van der Waals surface area contributed by atoms with Gasteiger partial charge in [0, 0.05) is 28.9 Å². The molecule has 18 heavy (non-hydrogen) atoms. The first kappa shape index (κ1) is 14.9. The first-order valence-electron chi connectivity index (χ1n) is 5.40. The van der Waals surface area contributed by atoms with Crippen LogP contribution in [0.3, 0.4) is 0 Å². The number of pyridine rings is 1. The maximum Gasteiger partial charge on any atom is 0.433 e. The fourth-order valence-electron chi connectivity index (χ4n) is 1.34. The molecule has 2 atom stereocenters. The lowest BCUT2D eigenvalue weighted by Gasteiger charge is -2.15. The first-order chi connectivity index (χ1) is 8.29. The summed E-state index contributed by atoms with van der Waals surface area (Å²) in [5.41, 5.74) is -0.918. The number of halogens is 3. The molecule has 0 aliphatic heterocycles. The maximum atomic E-state index is 12.4. The molecule has 0 fully saturated rings. The minimum absolute atomic E-state index is 0.0788. The van der Waals surface area contributed by atoms with Gasteiger partial charge in [-0.15, -0.1) is 0 Å². The van der Waals surface area contributed by atoms with Crippen molar-refractivity contribution >= 4 is 16.6 Å². The zero-order valence-corrected chi connectivity index (χ0v) is 10.9. The zero-order chi connectivity index (χ0) is 13.8. The normalized spacial score (nSPS) is 15.2. The molecule has 0 saturated carbocycles. The molecule has 2 unspecified atom stereocenters. The van der Waals surface area contributed by atoms with E-state index in [1.807, 2.05) is 6.92 Å². The van der Waals surface area contributed by atoms with E-state index in [0.717, 1.165) is 6.07 Å². The van der Waals surface area contributed by atoms with Gasteiger partial charge in [-0.1, -0.05) is 6.07 Å². The highest BCUT2D eigenvalue weighted by atomic mass is 32.2. The molecule has 1 N–H and O–H groups in total. The lowest BCUT2D eigenvalue weighted by Crippen LogP contribution is -2.19. The van der Waals surface area contributed by atoms with Crippen molar-refractivity contribution in [2.75, 3.05) is 17.3 Å². The van der Waals surface area contributed by atoms with Crippen LogP contribution < -0.4 is 5.32 Å². The van der Waals surface area contributed by atoms with Gasteiger partial charge >= 0.3 is 6.18 Å². The second-order valence-corrected chi connectivity index (χ2v) is 5.57. The molecule has 0 spiro atoms. The molecule has 1 rings (SSSR count). The Bertz CT molecular complexity index is 423. The summed E-state index contributed by atoms with van der Waals surface area (Å²) >= 11 is 0. The molecule has 0 aliphatic rings. The van der Waals surface area contributed by atoms with E-state index in [0.29, 0.717) is 12.2 Å². The largest absolute Gasteiger partial charge is 0.433 e. The van der Waals surface area contributed by atoms with Crippen LogP contribution in [0.25, 0.3) is 0 Å². The number of nitrogens with one attached hydrogen (secondary N) is 1. The summed E-state index contributed by atoms with van der Waals surface area (Å²) in [4.78, 5) is 3.50. The predicted octanol–water partition coefficient (Wildman–Crippen LogP) is 2.67. The lowest BCUT2D eigenvalue weighted by molar-refractivity contribution is -0.141. The summed E-state index contributed by atoms with van der Waals surface area (Å²) in [6.07, 6.45) is -2.23. The van der Waals surface area contributed by atoms with E-state index in [4.69, 9.17) is 0 Å². The average molecular weight is 280 g/mol. The first-order valence-corrected chi connectivity index (χ1v) is 7.12. The maximum absolute atomic E-state index is 12.4. The predicted molar refractivity (Wildman–Crippen MR) is 65.9 cm³/mol. The van der Waals surface area contributed by atoms with E-state index in [1.165, 1.54) is 12.1 Å². The van der Waals surface area contributed by atoms with Gasteiger partial charge in [0.15, 0.2) is 0 Å². The minimum Gasteiger partial charge on any atom is -0.368 e. The van der Waals surface area contributed by atoms with Gasteiger partial charge in [0.25, 0.3) is 0 Å². The number of anilines is 1. The summed E-state index contributed by atoms with van der Waals surface area (Å²) in [6.45, 7) is 1.81. The molecule has 0 aliphatic carbocycles. The number of hydrogen-bond acceptors (Lipinski definition) is 3. The van der Waals surface area contributed by atoms with Crippen molar-refractivity contribution in [3.05, 3.63) is 23.9 Å². The highest BCUT2D eigenvalue weighted by Gasteiger charge is 2.32. The summed E-state index contributed by atoms with van der Waals surface area (Å²) in [5, 5.41) is 2.86. The molecule has 0 amide bonds. The van der Waals surface area contributed by atoms with E-state index >= 15 is 0 Å². The molecular weight excluding hydrogens is 265 g/mol. The fraction of sp³-hybridized carbons (Fsp3) is 0.545. The molecule has 1 heterocycles. The van der Waals surface area contributed by atoms with Crippen LogP contribution in [0.5, 0.6) is 0 Å². The molecule has 0 aromatic carbocycles. The molecule has 0 bridgehead atoms. The molecular formula is C11H15F3N2OS. The Balaban J connectivity index is 2.65. The van der Waals surface area contributed by atoms with Crippen LogP contribution in [0.2, 0.25) is 0 Å². The van der Waals surface area contributed by atoms with Gasteiger partial charge in [-0.3, -0.25) is 4.21 Å². The summed E-state index contributed by atoms with van der Waals surface area (Å²) in [6, 6.07) is 3.64. The van der Waals surface area contributed by atoms with E-state index < -0.39 is 22.7 Å². The van der Waals surface area contributed by atoms with Crippen LogP contribution in [-0.4, -0.2) is 27.2 Å². The van der Waals surface area contributed by atoms with Gasteiger partial charge in [-0.05, 0) is 25.5 Å². The molecule has 0 radical (unpaired) electrons. The second-order valence-electron chi connectivity index (χ2n) is 4.02. The van der Waals surface area contributed by atoms with E-state index in [9.17, 15) is 17.4 Å². The Morgan fingerprint density at radius 3 is 2.67 bits per heavy atom. The van der Waals surface area contributed by atoms with Crippen molar-refractivity contribution in [1.29, 1.82) is 0 Å². The van der Waals surface area contributed by atoms with Crippen molar-refractivity contribution < 1.29 is 17.4 Å². The van der Waals surface area contributed by atoms with Crippen molar-refractivity contribution in [3.63, 3.8) is 0 Å². The van der Waals surface area contributed by atoms with Gasteiger partial charge in [0.2, 0.25) is 0 Å². The SMILES string of the molecule is CC(CCS(C)=O)Nc1cccc(C(F)(F)F)n1. The molecule has 102 valence electrons. The number of rotatable bonds is 5. The minimum atomic E-state index is -4.44. The number of aromatic nitrogens is 1. The number of hydrogen-bond donors (Lipinski definition) is 1. The third kappa shape index (κ3) is 5.03. The Morgan fingerprint density at radius 2 is 2.11 bits per heavy atom. The van der Waals surface area contributed by atoms with Crippen molar-refractivity contribution in [2.45, 2.75) is 25.6 Å². The Kier molecular flexibility index (Phi) is 5.13. The molecule has 3 nitrogen and oxygen atoms in total. The Morgan fingerprint density at radius 1 is 1.44 bits per heavy atom. The highest BCUT2D eigenvalue weighted by molar-refractivity contribution is 7.84. The van der Waals surface area contributed by atoms with Crippen LogP contribution in [0.15, 0.2) is 18.2 Å². The molecule has 1 aromatic heterocycles. The monoisotopic (exact) mass is 280 g/mol. The van der Waals surface area contributed by atoms with Gasteiger partial charge in [-0.25, -0.2) is 4.98 Å². The Hall–Kier alpha value is -1.11. The van der Waals surface area contributed by atoms with Crippen LogP contribution in [0, 0.1) is 0 Å². The Labute approximate surface area is 106 Å². The van der Waals surface area contributed by atoms with Gasteiger partial charge in [-0.2, -0.15) is 13.2 Å². The molecule has 1 aromatic rings. The van der Waals surface area contributed by atoms with Gasteiger partial charge < -0.3 is 5.32 Å². The highest BCUT2D eigenvalue weighted by Crippen LogP contribution is 2.28.